The average Bonchev–Trinajstić information content (AvgIpc) is 3.31. The zero-order valence-corrected chi connectivity index (χ0v) is 18.7. The van der Waals surface area contributed by atoms with Crippen LogP contribution >= 0.6 is 0 Å². The Morgan fingerprint density at radius 3 is 2.66 bits per heavy atom. The molecule has 1 saturated heterocycles. The monoisotopic (exact) mass is 479 g/mol. The molecule has 0 radical (unpaired) electrons. The summed E-state index contributed by atoms with van der Waals surface area (Å²) in [4.78, 5) is 14.8. The normalized spacial score (nSPS) is 15.5. The smallest absolute Gasteiger partial charge is 0.401 e. The Morgan fingerprint density at radius 1 is 1.14 bits per heavy atom. The zero-order valence-electron chi connectivity index (χ0n) is 18.7. The number of nitriles is 1. The van der Waals surface area contributed by atoms with Gasteiger partial charge in [0.1, 0.15) is 16.9 Å². The third kappa shape index (κ3) is 4.40. The van der Waals surface area contributed by atoms with E-state index in [0.717, 1.165) is 10.9 Å². The SMILES string of the molecule is COc1ccc(-c2cc3ncccc3c(-c3ccn(C4(CC#N)CN(CC(F)(F)F)C4)n3)n2)cn1. The van der Waals surface area contributed by atoms with Gasteiger partial charge in [0.05, 0.1) is 37.4 Å². The van der Waals surface area contributed by atoms with Gasteiger partial charge in [-0.05, 0) is 30.3 Å². The number of methoxy groups -OCH3 is 1. The van der Waals surface area contributed by atoms with Crippen molar-refractivity contribution in [1.82, 2.24) is 29.6 Å². The molecule has 35 heavy (non-hydrogen) atoms. The van der Waals surface area contributed by atoms with Crippen LogP contribution in [0.4, 0.5) is 13.2 Å². The van der Waals surface area contributed by atoms with Crippen LogP contribution in [0.5, 0.6) is 5.88 Å². The highest BCUT2D eigenvalue weighted by Crippen LogP contribution is 2.36. The minimum Gasteiger partial charge on any atom is -0.481 e. The summed E-state index contributed by atoms with van der Waals surface area (Å²) >= 11 is 0. The van der Waals surface area contributed by atoms with Crippen LogP contribution in [0.15, 0.2) is 55.0 Å². The second-order valence-electron chi connectivity index (χ2n) is 8.48. The molecule has 1 fully saturated rings. The van der Waals surface area contributed by atoms with Gasteiger partial charge < -0.3 is 4.74 Å². The molecule has 5 heterocycles. The predicted octanol–water partition coefficient (Wildman–Crippen LogP) is 4.05. The van der Waals surface area contributed by atoms with Crippen LogP contribution < -0.4 is 4.74 Å². The van der Waals surface area contributed by atoms with E-state index < -0.39 is 18.3 Å². The van der Waals surface area contributed by atoms with Crippen LogP contribution in [0.3, 0.4) is 0 Å². The van der Waals surface area contributed by atoms with E-state index in [-0.39, 0.29) is 19.5 Å². The number of alkyl halides is 3. The highest BCUT2D eigenvalue weighted by molar-refractivity contribution is 5.93. The summed E-state index contributed by atoms with van der Waals surface area (Å²) in [6.45, 7) is -0.826. The lowest BCUT2D eigenvalue weighted by Gasteiger charge is -2.49. The largest absolute Gasteiger partial charge is 0.481 e. The van der Waals surface area contributed by atoms with Gasteiger partial charge in [0.15, 0.2) is 0 Å². The van der Waals surface area contributed by atoms with Crippen LogP contribution in [0.2, 0.25) is 0 Å². The molecule has 0 saturated carbocycles. The second-order valence-corrected chi connectivity index (χ2v) is 8.48. The van der Waals surface area contributed by atoms with Crippen LogP contribution in [0.1, 0.15) is 6.42 Å². The molecule has 0 N–H and O–H groups in total. The third-order valence-electron chi connectivity index (χ3n) is 6.01. The van der Waals surface area contributed by atoms with Gasteiger partial charge in [-0.15, -0.1) is 0 Å². The van der Waals surface area contributed by atoms with Crippen molar-refractivity contribution in [3.63, 3.8) is 0 Å². The van der Waals surface area contributed by atoms with Crippen LogP contribution in [0, 0.1) is 11.3 Å². The van der Waals surface area contributed by atoms with E-state index in [1.807, 2.05) is 18.2 Å². The fourth-order valence-electron chi connectivity index (χ4n) is 4.42. The molecule has 0 atom stereocenters. The summed E-state index contributed by atoms with van der Waals surface area (Å²) in [5, 5.41) is 14.8. The van der Waals surface area contributed by atoms with Gasteiger partial charge in [-0.2, -0.15) is 23.5 Å². The van der Waals surface area contributed by atoms with E-state index in [1.54, 1.807) is 41.5 Å². The van der Waals surface area contributed by atoms with Gasteiger partial charge in [-0.3, -0.25) is 14.6 Å². The maximum absolute atomic E-state index is 12.8. The van der Waals surface area contributed by atoms with Gasteiger partial charge in [0.2, 0.25) is 5.88 Å². The Morgan fingerprint density at radius 2 is 1.97 bits per heavy atom. The molecule has 0 amide bonds. The fraction of sp³-hybridized carbons (Fsp3) is 0.292. The Hall–Kier alpha value is -4.04. The quantitative estimate of drug-likeness (QED) is 0.412. The molecule has 11 heteroatoms. The lowest BCUT2D eigenvalue weighted by Crippen LogP contribution is -2.64. The molecule has 0 aliphatic carbocycles. The van der Waals surface area contributed by atoms with Crippen LogP contribution in [0.25, 0.3) is 33.5 Å². The number of aromatic nitrogens is 5. The van der Waals surface area contributed by atoms with Gasteiger partial charge in [-0.1, -0.05) is 0 Å². The molecule has 8 nitrogen and oxygen atoms in total. The molecule has 1 aliphatic rings. The first-order valence-electron chi connectivity index (χ1n) is 10.8. The highest BCUT2D eigenvalue weighted by Gasteiger charge is 2.48. The minimum absolute atomic E-state index is 0.0514. The van der Waals surface area contributed by atoms with Crippen LogP contribution in [-0.2, 0) is 5.54 Å². The average molecular weight is 479 g/mol. The number of nitrogens with zero attached hydrogens (tertiary/aromatic N) is 7. The molecule has 0 bridgehead atoms. The number of hydrogen-bond acceptors (Lipinski definition) is 7. The van der Waals surface area contributed by atoms with Crippen molar-refractivity contribution in [3.8, 4) is 34.6 Å². The number of halogens is 3. The molecule has 5 rings (SSSR count). The zero-order chi connectivity index (χ0) is 24.6. The van der Waals surface area contributed by atoms with Crippen molar-refractivity contribution in [1.29, 1.82) is 5.26 Å². The highest BCUT2D eigenvalue weighted by atomic mass is 19.4. The molecule has 4 aromatic rings. The summed E-state index contributed by atoms with van der Waals surface area (Å²) in [6.07, 6.45) is 0.801. The molecule has 1 aliphatic heterocycles. The third-order valence-corrected chi connectivity index (χ3v) is 6.01. The number of likely N-dealkylation sites (tertiary alicyclic amines) is 1. The number of fused-ring (bicyclic) bond motifs is 1. The summed E-state index contributed by atoms with van der Waals surface area (Å²) in [6, 6.07) is 13.0. The summed E-state index contributed by atoms with van der Waals surface area (Å²) < 4.78 is 45.1. The minimum atomic E-state index is -4.29. The van der Waals surface area contributed by atoms with Gasteiger partial charge in [0, 0.05) is 48.7 Å². The number of rotatable bonds is 6. The maximum atomic E-state index is 12.8. The summed E-state index contributed by atoms with van der Waals surface area (Å²) in [7, 11) is 1.54. The maximum Gasteiger partial charge on any atom is 0.401 e. The van der Waals surface area contributed by atoms with Gasteiger partial charge in [-0.25, -0.2) is 9.97 Å². The lowest BCUT2D eigenvalue weighted by molar-refractivity contribution is -0.167. The second kappa shape index (κ2) is 8.63. The molecule has 0 aromatic carbocycles. The summed E-state index contributed by atoms with van der Waals surface area (Å²) in [5.74, 6) is 0.481. The summed E-state index contributed by atoms with van der Waals surface area (Å²) in [5.41, 5.74) is 2.43. The van der Waals surface area contributed by atoms with Gasteiger partial charge >= 0.3 is 6.18 Å². The van der Waals surface area contributed by atoms with E-state index >= 15 is 0 Å². The molecule has 0 spiro atoms. The number of ether oxygens (including phenoxy) is 1. The Balaban J connectivity index is 1.52. The molecular formula is C24H20F3N7O. The van der Waals surface area contributed by atoms with E-state index in [9.17, 15) is 18.4 Å². The van der Waals surface area contributed by atoms with Crippen molar-refractivity contribution >= 4 is 10.9 Å². The number of pyridine rings is 3. The fourth-order valence-corrected chi connectivity index (χ4v) is 4.42. The van der Waals surface area contributed by atoms with Crippen LogP contribution in [-0.4, -0.2) is 62.6 Å². The van der Waals surface area contributed by atoms with E-state index in [4.69, 9.17) is 9.72 Å². The Kier molecular flexibility index (Phi) is 5.61. The van der Waals surface area contributed by atoms with Crippen molar-refractivity contribution in [2.45, 2.75) is 18.1 Å². The standard InChI is InChI=1S/C24H20F3N7O/c1-35-21-5-4-16(12-30-21)19-11-20-17(3-2-9-29-20)22(31-19)18-6-10-34(32-18)23(7-8-28)13-33(14-23)15-24(25,26)27/h2-6,9-12H,7,13-15H2,1H3. The van der Waals surface area contributed by atoms with Crippen molar-refractivity contribution < 1.29 is 17.9 Å². The van der Waals surface area contributed by atoms with E-state index in [2.05, 4.69) is 21.1 Å². The van der Waals surface area contributed by atoms with Gasteiger partial charge in [0.25, 0.3) is 0 Å². The van der Waals surface area contributed by atoms with Crippen molar-refractivity contribution in [2.75, 3.05) is 26.7 Å². The molecule has 178 valence electrons. The lowest BCUT2D eigenvalue weighted by atomic mass is 9.87. The van der Waals surface area contributed by atoms with E-state index in [1.165, 1.54) is 12.0 Å². The molecule has 0 unspecified atom stereocenters. The Bertz CT molecular complexity index is 1400. The molecule has 4 aromatic heterocycles. The first kappa shape index (κ1) is 22.7. The number of hydrogen-bond donors (Lipinski definition) is 0. The molecular weight excluding hydrogens is 459 g/mol. The van der Waals surface area contributed by atoms with E-state index in [0.29, 0.717) is 28.5 Å². The first-order chi connectivity index (χ1) is 16.8. The topological polar surface area (TPSA) is 92.8 Å². The van der Waals surface area contributed by atoms with Crippen molar-refractivity contribution in [2.24, 2.45) is 0 Å². The predicted molar refractivity (Wildman–Crippen MR) is 121 cm³/mol. The van der Waals surface area contributed by atoms with Crippen molar-refractivity contribution in [3.05, 3.63) is 55.0 Å². The Labute approximate surface area is 198 Å². The first-order valence-corrected chi connectivity index (χ1v) is 10.8.